The molecule has 0 radical (unpaired) electrons. The van der Waals surface area contributed by atoms with Crippen LogP contribution in [0.5, 0.6) is 0 Å². The number of imide groups is 1. The first-order valence-electron chi connectivity index (χ1n) is 22.5. The van der Waals surface area contributed by atoms with Crippen molar-refractivity contribution in [2.45, 2.75) is 131 Å². The number of aliphatic hydroxyl groups excluding tert-OH is 1. The summed E-state index contributed by atoms with van der Waals surface area (Å²) in [7, 11) is -10.4. The highest BCUT2D eigenvalue weighted by molar-refractivity contribution is 7.86. The number of nitrogens with zero attached hydrogens (tertiary/aromatic N) is 3. The van der Waals surface area contributed by atoms with Gasteiger partial charge in [-0.2, -0.15) is 34.9 Å². The summed E-state index contributed by atoms with van der Waals surface area (Å²) in [4.78, 5) is 30.7. The molecule has 3 unspecified atom stereocenters. The van der Waals surface area contributed by atoms with Gasteiger partial charge in [-0.25, -0.2) is 4.84 Å². The van der Waals surface area contributed by atoms with Gasteiger partial charge in [-0.1, -0.05) is 18.2 Å². The number of methoxy groups -OCH3 is 2. The van der Waals surface area contributed by atoms with Crippen molar-refractivity contribution in [1.82, 2.24) is 5.06 Å². The zero-order valence-electron chi connectivity index (χ0n) is 40.4. The lowest BCUT2D eigenvalue weighted by Crippen LogP contribution is -2.45. The SMILES string of the molecule is COCC[N+]1=C(C=CC=CC=C2N(C(C)(C)CCOC(C)(C)CCC(O)ON3C(=O)CCC3=O)c3ccc(S(=O)(=O)O)cc3C2(C)CCOC)C(C)(CCCS(=O)(=O)O)c2cc(S(=O)(=O)O)ccc21. The van der Waals surface area contributed by atoms with Crippen LogP contribution in [0.4, 0.5) is 11.4 Å². The molecule has 0 spiro atoms. The number of fused-ring (bicyclic) bond motifs is 2. The molecule has 3 aliphatic rings. The minimum Gasteiger partial charge on any atom is -0.385 e. The number of anilines is 1. The lowest BCUT2D eigenvalue weighted by Gasteiger charge is -2.42. The van der Waals surface area contributed by atoms with E-state index >= 15 is 0 Å². The molecule has 1 fully saturated rings. The molecule has 3 atom stereocenters. The number of carbonyl (C=O) groups is 2. The highest BCUT2D eigenvalue weighted by Crippen LogP contribution is 2.54. The quantitative estimate of drug-likeness (QED) is 0.0301. The van der Waals surface area contributed by atoms with E-state index in [1.165, 1.54) is 31.4 Å². The molecule has 5 rings (SSSR count). The van der Waals surface area contributed by atoms with Gasteiger partial charge in [0.05, 0.1) is 26.6 Å². The number of hydrogen-bond donors (Lipinski definition) is 4. The van der Waals surface area contributed by atoms with Crippen molar-refractivity contribution in [3.8, 4) is 0 Å². The maximum Gasteiger partial charge on any atom is 0.294 e. The van der Waals surface area contributed by atoms with Gasteiger partial charge in [0.25, 0.3) is 42.2 Å². The monoisotopic (exact) mass is 1020 g/mol. The Balaban J connectivity index is 1.50. The average molecular weight is 1030 g/mol. The molecule has 3 aliphatic heterocycles. The molecule has 2 aromatic carbocycles. The van der Waals surface area contributed by atoms with E-state index < -0.39 is 76.2 Å². The van der Waals surface area contributed by atoms with E-state index in [1.807, 2.05) is 64.3 Å². The molecule has 382 valence electrons. The third-order valence-electron chi connectivity index (χ3n) is 13.1. The van der Waals surface area contributed by atoms with Crippen molar-refractivity contribution in [3.63, 3.8) is 0 Å². The number of allylic oxidation sites excluding steroid dienone is 6. The minimum absolute atomic E-state index is 0.0243. The van der Waals surface area contributed by atoms with E-state index in [2.05, 4.69) is 4.90 Å². The normalized spacial score (nSPS) is 21.5. The summed E-state index contributed by atoms with van der Waals surface area (Å²) in [6, 6.07) is 8.73. The van der Waals surface area contributed by atoms with Gasteiger partial charge in [0.1, 0.15) is 6.61 Å². The molecule has 69 heavy (non-hydrogen) atoms. The largest absolute Gasteiger partial charge is 0.385 e. The fourth-order valence-corrected chi connectivity index (χ4v) is 10.8. The molecule has 0 aromatic heterocycles. The Kier molecular flexibility index (Phi) is 17.5. The third kappa shape index (κ3) is 13.2. The van der Waals surface area contributed by atoms with Crippen LogP contribution in [-0.4, -0.2) is 135 Å². The van der Waals surface area contributed by atoms with Gasteiger partial charge in [-0.05, 0) is 116 Å². The highest BCUT2D eigenvalue weighted by atomic mass is 32.2. The Labute approximate surface area is 405 Å². The zero-order chi connectivity index (χ0) is 51.4. The Hall–Kier alpha value is -4.20. The standard InChI is InChI=1S/C47H65N3O16S3/c1-44(2,24-28-65-45(3,4)23-21-43(53)66-50-41(51)19-20-42(50)52)49-38-18-16-34(69(60,61)62)32-36(38)47(6,25-27-63-7)40(49)14-11-9-10-13-39-46(5,22-12-30-67(54,55)56)35-31-33(68(57,58)59)15-17-37(35)48(39)26-29-64-8/h9-11,13-18,31-32,43,53H,12,19-30H2,1-8H3,(H2-,54,55,56,57,58,59,60,61,62)/p+1. The molecule has 0 bridgehead atoms. The van der Waals surface area contributed by atoms with Crippen LogP contribution >= 0.6 is 0 Å². The highest BCUT2D eigenvalue weighted by Gasteiger charge is 2.50. The van der Waals surface area contributed by atoms with Crippen LogP contribution in [0.3, 0.4) is 0 Å². The van der Waals surface area contributed by atoms with E-state index in [0.29, 0.717) is 65.7 Å². The molecule has 3 heterocycles. The summed E-state index contributed by atoms with van der Waals surface area (Å²) in [5.74, 6) is -1.55. The Morgan fingerprint density at radius 3 is 1.99 bits per heavy atom. The summed E-state index contributed by atoms with van der Waals surface area (Å²) in [5, 5.41) is 11.1. The summed E-state index contributed by atoms with van der Waals surface area (Å²) in [6.45, 7) is 12.7. The van der Waals surface area contributed by atoms with E-state index in [9.17, 15) is 53.6 Å². The van der Waals surface area contributed by atoms with Gasteiger partial charge < -0.3 is 24.2 Å². The van der Waals surface area contributed by atoms with Crippen molar-refractivity contribution in [2.75, 3.05) is 51.2 Å². The number of hydroxylamine groups is 2. The van der Waals surface area contributed by atoms with Crippen molar-refractivity contribution in [3.05, 3.63) is 83.6 Å². The molecule has 0 saturated carbocycles. The van der Waals surface area contributed by atoms with Crippen LogP contribution in [0, 0.1) is 0 Å². The fraction of sp³-hybridized carbons (Fsp3) is 0.553. The van der Waals surface area contributed by atoms with Crippen molar-refractivity contribution in [2.24, 2.45) is 0 Å². The third-order valence-corrected chi connectivity index (χ3v) is 15.6. The number of benzene rings is 2. The van der Waals surface area contributed by atoms with Crippen molar-refractivity contribution in [1.29, 1.82) is 0 Å². The van der Waals surface area contributed by atoms with E-state index in [1.54, 1.807) is 31.4 Å². The van der Waals surface area contributed by atoms with Gasteiger partial charge in [-0.3, -0.25) is 23.2 Å². The zero-order valence-corrected chi connectivity index (χ0v) is 42.8. The fourth-order valence-electron chi connectivity index (χ4n) is 9.23. The second kappa shape index (κ2) is 21.7. The van der Waals surface area contributed by atoms with E-state index in [-0.39, 0.29) is 55.1 Å². The Bertz CT molecular complexity index is 2710. The predicted octanol–water partition coefficient (Wildman–Crippen LogP) is 5.80. The summed E-state index contributed by atoms with van der Waals surface area (Å²) in [5.41, 5.74) is 0.624. The predicted molar refractivity (Wildman–Crippen MR) is 256 cm³/mol. The summed E-state index contributed by atoms with van der Waals surface area (Å²) < 4.78 is 122. The molecule has 22 heteroatoms. The molecule has 2 aromatic rings. The summed E-state index contributed by atoms with van der Waals surface area (Å²) >= 11 is 0. The van der Waals surface area contributed by atoms with Gasteiger partial charge in [-0.15, -0.1) is 0 Å². The molecular formula is C47H66N3O16S3+. The maximum absolute atomic E-state index is 12.5. The molecule has 4 N–H and O–H groups in total. The lowest BCUT2D eigenvalue weighted by atomic mass is 9.76. The van der Waals surface area contributed by atoms with Gasteiger partial charge in [0.15, 0.2) is 18.5 Å². The van der Waals surface area contributed by atoms with E-state index in [0.717, 1.165) is 5.70 Å². The van der Waals surface area contributed by atoms with Crippen LogP contribution in [0.25, 0.3) is 0 Å². The Morgan fingerprint density at radius 1 is 0.783 bits per heavy atom. The minimum atomic E-state index is -4.60. The average Bonchev–Trinajstić information content (AvgIpc) is 3.79. The molecular weight excluding hydrogens is 959 g/mol. The van der Waals surface area contributed by atoms with Crippen LogP contribution in [0.15, 0.2) is 82.3 Å². The van der Waals surface area contributed by atoms with E-state index in [4.69, 9.17) is 19.0 Å². The first-order chi connectivity index (χ1) is 32.0. The van der Waals surface area contributed by atoms with Gasteiger partial charge >= 0.3 is 0 Å². The van der Waals surface area contributed by atoms with Crippen LogP contribution < -0.4 is 4.90 Å². The van der Waals surface area contributed by atoms with Crippen LogP contribution in [-0.2, 0) is 69.8 Å². The van der Waals surface area contributed by atoms with Crippen molar-refractivity contribution >= 4 is 59.3 Å². The lowest BCUT2D eigenvalue weighted by molar-refractivity contribution is -0.441. The summed E-state index contributed by atoms with van der Waals surface area (Å²) in [6.07, 6.45) is 9.22. The van der Waals surface area contributed by atoms with Gasteiger partial charge in [0, 0.05) is 86.7 Å². The smallest absolute Gasteiger partial charge is 0.294 e. The number of ether oxygens (including phenoxy) is 3. The number of amides is 2. The number of aliphatic hydroxyl groups is 1. The first kappa shape index (κ1) is 55.7. The molecule has 2 amide bonds. The van der Waals surface area contributed by atoms with Crippen LogP contribution in [0.1, 0.15) is 104 Å². The second-order valence-corrected chi connectivity index (χ2v) is 23.5. The number of hydrogen-bond acceptors (Lipinski definition) is 14. The second-order valence-electron chi connectivity index (χ2n) is 19.1. The van der Waals surface area contributed by atoms with Gasteiger partial charge in [0.2, 0.25) is 5.69 Å². The maximum atomic E-state index is 12.5. The molecule has 1 saturated heterocycles. The van der Waals surface area contributed by atoms with Crippen molar-refractivity contribution < 1.29 is 77.2 Å². The first-order valence-corrected chi connectivity index (χ1v) is 27.0. The van der Waals surface area contributed by atoms with Crippen LogP contribution in [0.2, 0.25) is 0 Å². The molecule has 19 nitrogen and oxygen atoms in total. The number of rotatable bonds is 25. The topological polar surface area (TPSA) is 264 Å². The Morgan fingerprint density at radius 2 is 1.39 bits per heavy atom. The number of carbonyl (C=O) groups excluding carboxylic acids is 2. The molecule has 0 aliphatic carbocycles.